The Hall–Kier alpha value is -4.40. The number of aromatic nitrogens is 3. The maximum atomic E-state index is 13.0. The average molecular weight is 471 g/mol. The number of amides is 4. The van der Waals surface area contributed by atoms with Crippen LogP contribution in [0.5, 0.6) is 0 Å². The summed E-state index contributed by atoms with van der Waals surface area (Å²) in [4.78, 5) is 42.4. The lowest BCUT2D eigenvalue weighted by atomic mass is 10.1. The topological polar surface area (TPSA) is 112 Å². The normalized spacial score (nSPS) is 15.6. The van der Waals surface area contributed by atoms with E-state index >= 15 is 0 Å². The molecule has 0 saturated carbocycles. The van der Waals surface area contributed by atoms with E-state index in [0.717, 1.165) is 38.3 Å². The molecule has 0 aliphatic carbocycles. The Morgan fingerprint density at radius 2 is 1.80 bits per heavy atom. The summed E-state index contributed by atoms with van der Waals surface area (Å²) in [5.41, 5.74) is 5.89. The second-order valence-corrected chi connectivity index (χ2v) is 8.83. The first-order chi connectivity index (χ1) is 16.8. The van der Waals surface area contributed by atoms with Crippen molar-refractivity contribution in [3.05, 3.63) is 77.2 Å². The minimum absolute atomic E-state index is 0.342. The molecule has 1 saturated heterocycles. The van der Waals surface area contributed by atoms with Crippen LogP contribution in [0, 0.1) is 20.8 Å². The van der Waals surface area contributed by atoms with Crippen molar-refractivity contribution in [2.24, 2.45) is 0 Å². The zero-order chi connectivity index (χ0) is 24.7. The number of rotatable bonds is 6. The summed E-state index contributed by atoms with van der Waals surface area (Å²) >= 11 is 0. The number of benzene rings is 2. The van der Waals surface area contributed by atoms with Gasteiger partial charge in [-0.05, 0) is 44.5 Å². The molecule has 35 heavy (non-hydrogen) atoms. The number of hydrogen-bond acceptors (Lipinski definition) is 4. The van der Waals surface area contributed by atoms with E-state index < -0.39 is 23.9 Å². The zero-order valence-electron chi connectivity index (χ0n) is 19.8. The Balaban J connectivity index is 1.27. The molecular weight excluding hydrogens is 444 g/mol. The fourth-order valence-corrected chi connectivity index (χ4v) is 4.47. The second-order valence-electron chi connectivity index (χ2n) is 8.83. The molecule has 3 heterocycles. The predicted molar refractivity (Wildman–Crippen MR) is 132 cm³/mol. The van der Waals surface area contributed by atoms with Crippen molar-refractivity contribution in [1.29, 1.82) is 0 Å². The minimum atomic E-state index is -0.720. The molecule has 3 N–H and O–H groups in total. The fourth-order valence-electron chi connectivity index (χ4n) is 4.47. The number of H-pyrrole nitrogens is 1. The average Bonchev–Trinajstić information content (AvgIpc) is 3.46. The highest BCUT2D eigenvalue weighted by molar-refractivity contribution is 6.08. The number of imide groups is 1. The quantitative estimate of drug-likeness (QED) is 0.375. The summed E-state index contributed by atoms with van der Waals surface area (Å²) in [6, 6.07) is 14.4. The molecule has 2 aromatic heterocycles. The summed E-state index contributed by atoms with van der Waals surface area (Å²) in [5.74, 6) is -0.880. The fraction of sp³-hybridized carbons (Fsp3) is 0.231. The monoisotopic (exact) mass is 470 g/mol. The maximum absolute atomic E-state index is 13.0. The first-order valence-corrected chi connectivity index (χ1v) is 11.4. The minimum Gasteiger partial charge on any atom is -0.361 e. The van der Waals surface area contributed by atoms with E-state index in [-0.39, 0.29) is 6.54 Å². The van der Waals surface area contributed by atoms with Crippen LogP contribution < -0.4 is 10.6 Å². The molecule has 1 aliphatic heterocycles. The molecule has 1 aliphatic rings. The van der Waals surface area contributed by atoms with Crippen LogP contribution in [0.15, 0.2) is 54.7 Å². The van der Waals surface area contributed by atoms with Crippen LogP contribution >= 0.6 is 0 Å². The number of aryl methyl sites for hydroxylation is 2. The standard InChI is InChI=1S/C26H26N6O3/c1-15-8-10-19(11-9-15)32-17(3)24(16(2)30-32)29-23(33)14-31-25(34)22(28-26(31)35)12-18-13-27-21-7-5-4-6-20(18)21/h4-11,13,22,27H,12,14H2,1-3H3,(H,28,35)(H,29,33). The number of aromatic amines is 1. The van der Waals surface area contributed by atoms with Crippen molar-refractivity contribution in [1.82, 2.24) is 25.0 Å². The smallest absolute Gasteiger partial charge is 0.325 e. The highest BCUT2D eigenvalue weighted by Crippen LogP contribution is 2.24. The molecule has 4 amide bonds. The van der Waals surface area contributed by atoms with Gasteiger partial charge in [-0.2, -0.15) is 5.10 Å². The number of carbonyl (C=O) groups is 3. The number of urea groups is 1. The third-order valence-electron chi connectivity index (χ3n) is 6.34. The summed E-state index contributed by atoms with van der Waals surface area (Å²) < 4.78 is 1.76. The molecule has 1 fully saturated rings. The molecule has 0 spiro atoms. The van der Waals surface area contributed by atoms with Crippen molar-refractivity contribution >= 4 is 34.4 Å². The molecule has 0 radical (unpaired) electrons. The van der Waals surface area contributed by atoms with Crippen LogP contribution in [-0.4, -0.2) is 50.1 Å². The molecule has 1 atom stereocenters. The molecule has 5 rings (SSSR count). The highest BCUT2D eigenvalue weighted by atomic mass is 16.2. The Bertz CT molecular complexity index is 1450. The number of carbonyl (C=O) groups excluding carboxylic acids is 3. The van der Waals surface area contributed by atoms with Crippen molar-refractivity contribution < 1.29 is 14.4 Å². The Morgan fingerprint density at radius 3 is 2.57 bits per heavy atom. The van der Waals surface area contributed by atoms with Crippen molar-refractivity contribution in [3.8, 4) is 5.69 Å². The van der Waals surface area contributed by atoms with Gasteiger partial charge < -0.3 is 15.6 Å². The summed E-state index contributed by atoms with van der Waals surface area (Å²) in [7, 11) is 0. The number of para-hydroxylation sites is 1. The molecule has 9 nitrogen and oxygen atoms in total. The van der Waals surface area contributed by atoms with E-state index in [1.54, 1.807) is 11.6 Å². The van der Waals surface area contributed by atoms with Gasteiger partial charge in [0.2, 0.25) is 5.91 Å². The lowest BCUT2D eigenvalue weighted by molar-refractivity contribution is -0.130. The van der Waals surface area contributed by atoms with Crippen LogP contribution in [0.3, 0.4) is 0 Å². The van der Waals surface area contributed by atoms with Gasteiger partial charge in [0.25, 0.3) is 5.91 Å². The predicted octanol–water partition coefficient (Wildman–Crippen LogP) is 3.38. The Kier molecular flexibility index (Phi) is 5.60. The third kappa shape index (κ3) is 4.16. The molecular formula is C26H26N6O3. The second kappa shape index (κ2) is 8.75. The number of hydrogen-bond donors (Lipinski definition) is 3. The first kappa shape index (κ1) is 22.4. The molecule has 0 bridgehead atoms. The van der Waals surface area contributed by atoms with Crippen molar-refractivity contribution in [2.45, 2.75) is 33.2 Å². The van der Waals surface area contributed by atoms with E-state index in [9.17, 15) is 14.4 Å². The third-order valence-corrected chi connectivity index (χ3v) is 6.34. The van der Waals surface area contributed by atoms with Gasteiger partial charge in [0, 0.05) is 23.5 Å². The van der Waals surface area contributed by atoms with Gasteiger partial charge in [-0.1, -0.05) is 35.9 Å². The Morgan fingerprint density at radius 1 is 1.06 bits per heavy atom. The lowest BCUT2D eigenvalue weighted by Crippen LogP contribution is -2.38. The van der Waals surface area contributed by atoms with E-state index in [1.165, 1.54) is 0 Å². The lowest BCUT2D eigenvalue weighted by Gasteiger charge is -2.13. The molecule has 2 aromatic carbocycles. The van der Waals surface area contributed by atoms with Crippen molar-refractivity contribution in [3.63, 3.8) is 0 Å². The molecule has 178 valence electrons. The summed E-state index contributed by atoms with van der Waals surface area (Å²) in [5, 5.41) is 11.1. The van der Waals surface area contributed by atoms with Crippen LogP contribution in [-0.2, 0) is 16.0 Å². The van der Waals surface area contributed by atoms with E-state index in [2.05, 4.69) is 20.7 Å². The van der Waals surface area contributed by atoms with Crippen LogP contribution in [0.25, 0.3) is 16.6 Å². The maximum Gasteiger partial charge on any atom is 0.325 e. The van der Waals surface area contributed by atoms with Gasteiger partial charge in [0.05, 0.1) is 22.8 Å². The van der Waals surface area contributed by atoms with E-state index in [4.69, 9.17) is 0 Å². The van der Waals surface area contributed by atoms with E-state index in [1.807, 2.05) is 68.6 Å². The summed E-state index contributed by atoms with van der Waals surface area (Å²) in [6.45, 7) is 5.31. The van der Waals surface area contributed by atoms with Crippen molar-refractivity contribution in [2.75, 3.05) is 11.9 Å². The molecule has 1 unspecified atom stereocenters. The van der Waals surface area contributed by atoms with Crippen LogP contribution in [0.1, 0.15) is 22.5 Å². The van der Waals surface area contributed by atoms with Crippen LogP contribution in [0.4, 0.5) is 10.5 Å². The van der Waals surface area contributed by atoms with Gasteiger partial charge in [-0.3, -0.25) is 14.5 Å². The van der Waals surface area contributed by atoms with E-state index in [0.29, 0.717) is 17.8 Å². The highest BCUT2D eigenvalue weighted by Gasteiger charge is 2.39. The van der Waals surface area contributed by atoms with Gasteiger partial charge in [-0.15, -0.1) is 0 Å². The number of fused-ring (bicyclic) bond motifs is 1. The Labute approximate surface area is 202 Å². The first-order valence-electron chi connectivity index (χ1n) is 11.4. The van der Waals surface area contributed by atoms with Gasteiger partial charge in [-0.25, -0.2) is 9.48 Å². The number of anilines is 1. The van der Waals surface area contributed by atoms with Gasteiger partial charge in [0.1, 0.15) is 12.6 Å². The number of nitrogens with zero attached hydrogens (tertiary/aromatic N) is 3. The SMILES string of the molecule is Cc1ccc(-n2nc(C)c(NC(=O)CN3C(=O)NC(Cc4c[nH]c5ccccc45)C3=O)c2C)cc1. The molecule has 9 heteroatoms. The number of nitrogens with one attached hydrogen (secondary N) is 3. The van der Waals surface area contributed by atoms with Gasteiger partial charge >= 0.3 is 6.03 Å². The van der Waals surface area contributed by atoms with Crippen LogP contribution in [0.2, 0.25) is 0 Å². The zero-order valence-corrected chi connectivity index (χ0v) is 19.8. The molecule has 4 aromatic rings. The van der Waals surface area contributed by atoms with Gasteiger partial charge in [0.15, 0.2) is 0 Å². The summed E-state index contributed by atoms with van der Waals surface area (Å²) in [6.07, 6.45) is 2.19. The largest absolute Gasteiger partial charge is 0.361 e.